The Bertz CT molecular complexity index is 228. The van der Waals surface area contributed by atoms with E-state index < -0.39 is 0 Å². The first-order valence-electron chi connectivity index (χ1n) is 8.24. The number of rotatable bonds is 8. The molecule has 1 rings (SSSR count). The second-order valence-corrected chi connectivity index (χ2v) is 6.39. The first-order valence-corrected chi connectivity index (χ1v) is 8.24. The van der Waals surface area contributed by atoms with Crippen molar-refractivity contribution in [2.24, 2.45) is 5.41 Å². The predicted octanol–water partition coefficient (Wildman–Crippen LogP) is 2.43. The van der Waals surface area contributed by atoms with Gasteiger partial charge in [0.05, 0.1) is 0 Å². The second-order valence-electron chi connectivity index (χ2n) is 6.39. The van der Waals surface area contributed by atoms with Crippen molar-refractivity contribution in [1.29, 1.82) is 0 Å². The second kappa shape index (κ2) is 8.23. The van der Waals surface area contributed by atoms with Crippen LogP contribution in [0.15, 0.2) is 0 Å². The van der Waals surface area contributed by atoms with E-state index in [0.717, 1.165) is 6.54 Å². The van der Waals surface area contributed by atoms with Gasteiger partial charge in [-0.2, -0.15) is 0 Å². The molecule has 114 valence electrons. The highest BCUT2D eigenvalue weighted by atomic mass is 15.3. The SMILES string of the molecule is CCNCC(CC)(CC)CN1CCN(C(C)C)CC1. The minimum absolute atomic E-state index is 0.468. The molecule has 1 heterocycles. The van der Waals surface area contributed by atoms with Crippen LogP contribution in [0.3, 0.4) is 0 Å². The Balaban J connectivity index is 2.47. The molecule has 1 saturated heterocycles. The van der Waals surface area contributed by atoms with E-state index in [1.807, 2.05) is 0 Å². The molecule has 0 aromatic heterocycles. The lowest BCUT2D eigenvalue weighted by Gasteiger charge is -2.42. The van der Waals surface area contributed by atoms with Crippen LogP contribution < -0.4 is 5.32 Å². The van der Waals surface area contributed by atoms with Gasteiger partial charge in [-0.05, 0) is 38.6 Å². The van der Waals surface area contributed by atoms with Gasteiger partial charge in [-0.3, -0.25) is 4.90 Å². The fourth-order valence-corrected chi connectivity index (χ4v) is 3.08. The summed E-state index contributed by atoms with van der Waals surface area (Å²) in [7, 11) is 0. The summed E-state index contributed by atoms with van der Waals surface area (Å²) in [5, 5.41) is 3.57. The molecule has 3 nitrogen and oxygen atoms in total. The van der Waals surface area contributed by atoms with Crippen LogP contribution in [-0.2, 0) is 0 Å². The van der Waals surface area contributed by atoms with Gasteiger partial charge in [-0.15, -0.1) is 0 Å². The van der Waals surface area contributed by atoms with Gasteiger partial charge >= 0.3 is 0 Å². The lowest BCUT2D eigenvalue weighted by Crippen LogP contribution is -2.53. The van der Waals surface area contributed by atoms with Crippen molar-refractivity contribution in [2.45, 2.75) is 53.5 Å². The maximum Gasteiger partial charge on any atom is 0.0113 e. The molecule has 1 aliphatic heterocycles. The summed E-state index contributed by atoms with van der Waals surface area (Å²) >= 11 is 0. The number of hydrogen-bond donors (Lipinski definition) is 1. The van der Waals surface area contributed by atoms with E-state index >= 15 is 0 Å². The molecule has 3 heteroatoms. The predicted molar refractivity (Wildman–Crippen MR) is 84.7 cm³/mol. The zero-order valence-corrected chi connectivity index (χ0v) is 13.8. The topological polar surface area (TPSA) is 18.5 Å². The summed E-state index contributed by atoms with van der Waals surface area (Å²) < 4.78 is 0. The highest BCUT2D eigenvalue weighted by Gasteiger charge is 2.30. The summed E-state index contributed by atoms with van der Waals surface area (Å²) in [5.41, 5.74) is 0.468. The molecule has 0 atom stereocenters. The van der Waals surface area contributed by atoms with Crippen LogP contribution in [0.25, 0.3) is 0 Å². The molecule has 0 aromatic carbocycles. The van der Waals surface area contributed by atoms with E-state index in [1.54, 1.807) is 0 Å². The fraction of sp³-hybridized carbons (Fsp3) is 1.00. The summed E-state index contributed by atoms with van der Waals surface area (Å²) in [5.74, 6) is 0. The van der Waals surface area contributed by atoms with E-state index in [9.17, 15) is 0 Å². The number of nitrogens with one attached hydrogen (secondary N) is 1. The fourth-order valence-electron chi connectivity index (χ4n) is 3.08. The lowest BCUT2D eigenvalue weighted by molar-refractivity contribution is 0.0658. The lowest BCUT2D eigenvalue weighted by atomic mass is 9.81. The molecule has 19 heavy (non-hydrogen) atoms. The van der Waals surface area contributed by atoms with E-state index in [2.05, 4.69) is 49.7 Å². The van der Waals surface area contributed by atoms with Crippen molar-refractivity contribution in [3.8, 4) is 0 Å². The third-order valence-corrected chi connectivity index (χ3v) is 4.95. The van der Waals surface area contributed by atoms with Gasteiger partial charge in [0.15, 0.2) is 0 Å². The minimum Gasteiger partial charge on any atom is -0.316 e. The van der Waals surface area contributed by atoms with Crippen LogP contribution in [0.5, 0.6) is 0 Å². The monoisotopic (exact) mass is 269 g/mol. The van der Waals surface area contributed by atoms with Crippen LogP contribution in [0.4, 0.5) is 0 Å². The Labute approximate surface area is 120 Å². The standard InChI is InChI=1S/C16H35N3/c1-6-16(7-2,13-17-8-3)14-18-9-11-19(12-10-18)15(4)5/h15,17H,6-14H2,1-5H3. The maximum absolute atomic E-state index is 3.57. The Morgan fingerprint density at radius 1 is 1.00 bits per heavy atom. The van der Waals surface area contributed by atoms with Crippen molar-refractivity contribution < 1.29 is 0 Å². The van der Waals surface area contributed by atoms with Crippen LogP contribution in [0.2, 0.25) is 0 Å². The number of nitrogens with zero attached hydrogens (tertiary/aromatic N) is 2. The van der Waals surface area contributed by atoms with Crippen molar-refractivity contribution >= 4 is 0 Å². The van der Waals surface area contributed by atoms with Crippen LogP contribution in [0, 0.1) is 5.41 Å². The molecule has 0 radical (unpaired) electrons. The van der Waals surface area contributed by atoms with E-state index in [0.29, 0.717) is 11.5 Å². The summed E-state index contributed by atoms with van der Waals surface area (Å²) in [6.07, 6.45) is 2.56. The Morgan fingerprint density at radius 3 is 2.00 bits per heavy atom. The molecule has 0 aromatic rings. The third-order valence-electron chi connectivity index (χ3n) is 4.95. The zero-order chi connectivity index (χ0) is 14.3. The van der Waals surface area contributed by atoms with Gasteiger partial charge in [0.2, 0.25) is 0 Å². The average Bonchev–Trinajstić information content (AvgIpc) is 2.44. The van der Waals surface area contributed by atoms with E-state index in [1.165, 1.54) is 52.1 Å². The first-order chi connectivity index (χ1) is 9.06. The van der Waals surface area contributed by atoms with E-state index in [-0.39, 0.29) is 0 Å². The van der Waals surface area contributed by atoms with Crippen LogP contribution >= 0.6 is 0 Å². The summed E-state index contributed by atoms with van der Waals surface area (Å²) in [6.45, 7) is 20.0. The maximum atomic E-state index is 3.57. The van der Waals surface area contributed by atoms with Gasteiger partial charge in [-0.1, -0.05) is 20.8 Å². The van der Waals surface area contributed by atoms with Crippen LogP contribution in [0.1, 0.15) is 47.5 Å². The van der Waals surface area contributed by atoms with Gasteiger partial charge in [0, 0.05) is 45.3 Å². The van der Waals surface area contributed by atoms with Crippen LogP contribution in [-0.4, -0.2) is 61.7 Å². The van der Waals surface area contributed by atoms with Crippen molar-refractivity contribution in [1.82, 2.24) is 15.1 Å². The number of hydrogen-bond acceptors (Lipinski definition) is 3. The molecule has 1 fully saturated rings. The highest BCUT2D eigenvalue weighted by Crippen LogP contribution is 2.27. The quantitative estimate of drug-likeness (QED) is 0.730. The first kappa shape index (κ1) is 16.9. The third kappa shape index (κ3) is 5.05. The molecular weight excluding hydrogens is 234 g/mol. The van der Waals surface area contributed by atoms with Crippen molar-refractivity contribution in [3.05, 3.63) is 0 Å². The van der Waals surface area contributed by atoms with Gasteiger partial charge < -0.3 is 10.2 Å². The molecule has 0 aliphatic carbocycles. The molecule has 1 N–H and O–H groups in total. The van der Waals surface area contributed by atoms with Crippen molar-refractivity contribution in [3.63, 3.8) is 0 Å². The largest absolute Gasteiger partial charge is 0.316 e. The molecular formula is C16H35N3. The molecule has 0 bridgehead atoms. The van der Waals surface area contributed by atoms with Crippen molar-refractivity contribution in [2.75, 3.05) is 45.8 Å². The highest BCUT2D eigenvalue weighted by molar-refractivity contribution is 4.85. The number of piperazine rings is 1. The normalized spacial score (nSPS) is 19.3. The smallest absolute Gasteiger partial charge is 0.0113 e. The Morgan fingerprint density at radius 2 is 1.58 bits per heavy atom. The van der Waals surface area contributed by atoms with Gasteiger partial charge in [0.25, 0.3) is 0 Å². The molecule has 0 unspecified atom stereocenters. The molecule has 0 spiro atoms. The van der Waals surface area contributed by atoms with Gasteiger partial charge in [-0.25, -0.2) is 0 Å². The minimum atomic E-state index is 0.468. The van der Waals surface area contributed by atoms with E-state index in [4.69, 9.17) is 0 Å². The Kier molecular flexibility index (Phi) is 7.33. The molecule has 0 amide bonds. The molecule has 0 saturated carbocycles. The molecule has 1 aliphatic rings. The average molecular weight is 269 g/mol. The summed E-state index contributed by atoms with van der Waals surface area (Å²) in [4.78, 5) is 5.28. The zero-order valence-electron chi connectivity index (χ0n) is 13.8. The van der Waals surface area contributed by atoms with Gasteiger partial charge in [0.1, 0.15) is 0 Å². The Hall–Kier alpha value is -0.120. The summed E-state index contributed by atoms with van der Waals surface area (Å²) in [6, 6.07) is 0.700.